The van der Waals surface area contributed by atoms with Crippen LogP contribution in [-0.4, -0.2) is 10.1 Å². The van der Waals surface area contributed by atoms with Crippen LogP contribution in [0.15, 0.2) is 53.1 Å². The third-order valence-corrected chi connectivity index (χ3v) is 4.98. The van der Waals surface area contributed by atoms with Crippen molar-refractivity contribution in [2.75, 3.05) is 0 Å². The molecular weight excluding hydrogens is 385 g/mol. The molecule has 5 nitrogen and oxygen atoms in total. The van der Waals surface area contributed by atoms with Gasteiger partial charge >= 0.3 is 0 Å². The van der Waals surface area contributed by atoms with Crippen molar-refractivity contribution >= 4 is 24.0 Å². The fourth-order valence-electron chi connectivity index (χ4n) is 2.98. The van der Waals surface area contributed by atoms with Crippen molar-refractivity contribution in [3.63, 3.8) is 0 Å². The van der Waals surface area contributed by atoms with Crippen LogP contribution in [0.25, 0.3) is 0 Å². The molecule has 1 heterocycles. The van der Waals surface area contributed by atoms with Crippen molar-refractivity contribution < 1.29 is 9.26 Å². The number of nitrogens with two attached hydrogens (primary N) is 1. The number of halogens is 2. The summed E-state index contributed by atoms with van der Waals surface area (Å²) in [5.74, 6) is 1.99. The summed E-state index contributed by atoms with van der Waals surface area (Å²) in [6.45, 7) is 0.487. The van der Waals surface area contributed by atoms with Gasteiger partial charge in [-0.25, -0.2) is 0 Å². The van der Waals surface area contributed by atoms with E-state index in [1.165, 1.54) is 0 Å². The molecule has 1 aliphatic carbocycles. The topological polar surface area (TPSA) is 74.2 Å². The van der Waals surface area contributed by atoms with Crippen LogP contribution in [0.3, 0.4) is 0 Å². The van der Waals surface area contributed by atoms with E-state index >= 15 is 0 Å². The van der Waals surface area contributed by atoms with Crippen molar-refractivity contribution in [1.82, 2.24) is 10.1 Å². The highest BCUT2D eigenvalue weighted by Gasteiger charge is 2.38. The first-order valence-corrected chi connectivity index (χ1v) is 9.07. The molecule has 1 aromatic heterocycles. The van der Waals surface area contributed by atoms with Crippen LogP contribution in [-0.2, 0) is 18.6 Å². The lowest BCUT2D eigenvalue weighted by atomic mass is 9.77. The maximum absolute atomic E-state index is 6.25. The van der Waals surface area contributed by atoms with Gasteiger partial charge in [0, 0.05) is 5.02 Å². The molecule has 0 spiro atoms. The van der Waals surface area contributed by atoms with Gasteiger partial charge in [-0.1, -0.05) is 41.0 Å². The first-order chi connectivity index (χ1) is 12.6. The predicted molar refractivity (Wildman–Crippen MR) is 106 cm³/mol. The number of aromatic nitrogens is 2. The Labute approximate surface area is 169 Å². The molecule has 1 aliphatic rings. The Hall–Kier alpha value is -2.08. The van der Waals surface area contributed by atoms with Crippen LogP contribution in [0.1, 0.15) is 42.1 Å². The molecule has 2 N–H and O–H groups in total. The lowest BCUT2D eigenvalue weighted by Crippen LogP contribution is -2.44. The first-order valence-electron chi connectivity index (χ1n) is 8.69. The van der Waals surface area contributed by atoms with Crippen molar-refractivity contribution in [3.05, 3.63) is 76.4 Å². The molecule has 0 radical (unpaired) electrons. The molecule has 1 fully saturated rings. The Kier molecular flexibility index (Phi) is 6.05. The van der Waals surface area contributed by atoms with Gasteiger partial charge in [-0.2, -0.15) is 4.98 Å². The average Bonchev–Trinajstić information content (AvgIpc) is 3.08. The Balaban J connectivity index is 0.00000210. The number of rotatable bonds is 6. The molecule has 0 saturated heterocycles. The molecule has 2 aromatic carbocycles. The summed E-state index contributed by atoms with van der Waals surface area (Å²) < 4.78 is 11.2. The van der Waals surface area contributed by atoms with Gasteiger partial charge in [0.1, 0.15) is 12.4 Å². The molecule has 7 heteroatoms. The fourth-order valence-corrected chi connectivity index (χ4v) is 3.10. The number of benzene rings is 2. The maximum Gasteiger partial charge on any atom is 0.231 e. The van der Waals surface area contributed by atoms with Gasteiger partial charge < -0.3 is 15.0 Å². The summed E-state index contributed by atoms with van der Waals surface area (Å²) in [7, 11) is 0. The van der Waals surface area contributed by atoms with E-state index in [0.29, 0.717) is 24.7 Å². The Bertz CT molecular complexity index is 892. The quantitative estimate of drug-likeness (QED) is 0.645. The summed E-state index contributed by atoms with van der Waals surface area (Å²) in [6.07, 6.45) is 3.51. The number of ether oxygens (including phenoxy) is 1. The lowest BCUT2D eigenvalue weighted by molar-refractivity contribution is 0.229. The third-order valence-electron chi connectivity index (χ3n) is 4.73. The summed E-state index contributed by atoms with van der Waals surface area (Å²) in [6, 6.07) is 15.5. The molecule has 0 aliphatic heterocycles. The minimum atomic E-state index is -0.398. The highest BCUT2D eigenvalue weighted by molar-refractivity contribution is 6.30. The van der Waals surface area contributed by atoms with Crippen molar-refractivity contribution in [1.29, 1.82) is 0 Å². The Morgan fingerprint density at radius 3 is 2.59 bits per heavy atom. The molecular formula is C20H21Cl2N3O2. The van der Waals surface area contributed by atoms with Crippen LogP contribution in [0.2, 0.25) is 5.02 Å². The van der Waals surface area contributed by atoms with E-state index < -0.39 is 5.54 Å². The second-order valence-electron chi connectivity index (χ2n) is 6.76. The molecule has 27 heavy (non-hydrogen) atoms. The van der Waals surface area contributed by atoms with Crippen LogP contribution >= 0.6 is 24.0 Å². The fraction of sp³-hybridized carbons (Fsp3) is 0.300. The minimum Gasteiger partial charge on any atom is -0.489 e. The summed E-state index contributed by atoms with van der Waals surface area (Å²) in [4.78, 5) is 4.47. The smallest absolute Gasteiger partial charge is 0.231 e. The lowest BCUT2D eigenvalue weighted by Gasteiger charge is -2.34. The summed E-state index contributed by atoms with van der Waals surface area (Å²) in [5, 5.41) is 4.78. The highest BCUT2D eigenvalue weighted by atomic mass is 35.5. The molecule has 0 unspecified atom stereocenters. The first kappa shape index (κ1) is 19.7. The van der Waals surface area contributed by atoms with E-state index in [1.807, 2.05) is 48.5 Å². The molecule has 1 saturated carbocycles. The Morgan fingerprint density at radius 1 is 1.11 bits per heavy atom. The van der Waals surface area contributed by atoms with Gasteiger partial charge in [0.2, 0.25) is 5.89 Å². The Morgan fingerprint density at radius 2 is 1.89 bits per heavy atom. The molecule has 0 amide bonds. The second kappa shape index (κ2) is 8.30. The zero-order chi connectivity index (χ0) is 18.0. The molecule has 0 atom stereocenters. The van der Waals surface area contributed by atoms with Crippen LogP contribution < -0.4 is 10.5 Å². The monoisotopic (exact) mass is 405 g/mol. The summed E-state index contributed by atoms with van der Waals surface area (Å²) in [5.41, 5.74) is 7.96. The van der Waals surface area contributed by atoms with E-state index in [-0.39, 0.29) is 12.4 Å². The molecule has 0 bridgehead atoms. The SMILES string of the molecule is Cl.NC1(c2noc(Cc3cccc(OCc4ccc(Cl)cc4)c3)n2)CCC1. The molecule has 4 rings (SSSR count). The van der Waals surface area contributed by atoms with Gasteiger partial charge in [0.05, 0.1) is 12.0 Å². The normalized spacial score (nSPS) is 14.9. The molecule has 142 valence electrons. The van der Waals surface area contributed by atoms with E-state index in [9.17, 15) is 0 Å². The van der Waals surface area contributed by atoms with Crippen molar-refractivity contribution in [3.8, 4) is 5.75 Å². The number of hydrogen-bond acceptors (Lipinski definition) is 5. The van der Waals surface area contributed by atoms with E-state index in [2.05, 4.69) is 10.1 Å². The van der Waals surface area contributed by atoms with Crippen LogP contribution in [0.4, 0.5) is 0 Å². The zero-order valence-electron chi connectivity index (χ0n) is 14.7. The third kappa shape index (κ3) is 4.61. The largest absolute Gasteiger partial charge is 0.489 e. The highest BCUT2D eigenvalue weighted by Crippen LogP contribution is 2.37. The predicted octanol–water partition coefficient (Wildman–Crippen LogP) is 4.65. The van der Waals surface area contributed by atoms with Crippen molar-refractivity contribution in [2.45, 2.75) is 37.8 Å². The maximum atomic E-state index is 6.25. The van der Waals surface area contributed by atoms with Gasteiger partial charge in [0.15, 0.2) is 5.82 Å². The van der Waals surface area contributed by atoms with E-state index in [1.54, 1.807) is 0 Å². The van der Waals surface area contributed by atoms with Gasteiger partial charge in [-0.15, -0.1) is 12.4 Å². The van der Waals surface area contributed by atoms with Gasteiger partial charge in [0.25, 0.3) is 0 Å². The minimum absolute atomic E-state index is 0. The zero-order valence-corrected chi connectivity index (χ0v) is 16.3. The van der Waals surface area contributed by atoms with E-state index in [4.69, 9.17) is 26.6 Å². The standard InChI is InChI=1S/C20H20ClN3O2.ClH/c21-16-7-5-14(6-8-16)13-25-17-4-1-3-15(11-17)12-18-23-19(24-26-18)20(22)9-2-10-20;/h1,3-8,11H,2,9-10,12-13,22H2;1H. The summed E-state index contributed by atoms with van der Waals surface area (Å²) >= 11 is 5.90. The van der Waals surface area contributed by atoms with Crippen molar-refractivity contribution in [2.24, 2.45) is 5.73 Å². The van der Waals surface area contributed by atoms with Gasteiger partial charge in [-0.3, -0.25) is 0 Å². The second-order valence-corrected chi connectivity index (χ2v) is 7.20. The number of nitrogens with zero attached hydrogens (tertiary/aromatic N) is 2. The van der Waals surface area contributed by atoms with Crippen LogP contribution in [0.5, 0.6) is 5.75 Å². The van der Waals surface area contributed by atoms with E-state index in [0.717, 1.165) is 41.2 Å². The number of hydrogen-bond donors (Lipinski definition) is 1. The van der Waals surface area contributed by atoms with Crippen LogP contribution in [0, 0.1) is 0 Å². The average molecular weight is 406 g/mol. The van der Waals surface area contributed by atoms with Gasteiger partial charge in [-0.05, 0) is 54.7 Å². The molecule has 3 aromatic rings.